The molecular weight excluding hydrogens is 399 g/mol. The van der Waals surface area contributed by atoms with E-state index in [2.05, 4.69) is 5.32 Å². The van der Waals surface area contributed by atoms with Crippen molar-refractivity contribution >= 4 is 46.6 Å². The molecule has 1 fully saturated rings. The Morgan fingerprint density at radius 2 is 1.96 bits per heavy atom. The minimum atomic E-state index is -0.673. The Balaban J connectivity index is 1.83. The molecule has 7 heteroatoms. The molecule has 3 rings (SSSR count). The predicted octanol–water partition coefficient (Wildman–Crippen LogP) is 5.12. The number of nitrogens with one attached hydrogen (secondary N) is 1. The average Bonchev–Trinajstić information content (AvgIpc) is 3.05. The van der Waals surface area contributed by atoms with Gasteiger partial charge in [-0.15, -0.1) is 23.4 Å². The van der Waals surface area contributed by atoms with E-state index in [1.165, 1.54) is 22.7 Å². The Hall–Kier alpha value is -2.05. The second kappa shape index (κ2) is 8.13. The molecule has 0 radical (unpaired) electrons. The fourth-order valence-electron chi connectivity index (χ4n) is 2.83. The molecule has 0 aromatic heterocycles. The fraction of sp³-hybridized carbons (Fsp3) is 0.333. The normalized spacial score (nSPS) is 17.1. The van der Waals surface area contributed by atoms with Crippen LogP contribution in [0.3, 0.4) is 0 Å². The van der Waals surface area contributed by atoms with Crippen LogP contribution in [-0.4, -0.2) is 23.4 Å². The summed E-state index contributed by atoms with van der Waals surface area (Å²) in [6, 6.07) is 12.0. The van der Waals surface area contributed by atoms with Gasteiger partial charge in [-0.3, -0.25) is 14.5 Å². The summed E-state index contributed by atoms with van der Waals surface area (Å²) in [6.07, 6.45) is 0. The van der Waals surface area contributed by atoms with Gasteiger partial charge in [-0.1, -0.05) is 18.2 Å². The first kappa shape index (κ1) is 20.7. The highest BCUT2D eigenvalue weighted by atomic mass is 35.5. The van der Waals surface area contributed by atoms with Crippen molar-refractivity contribution in [1.82, 2.24) is 0 Å². The van der Waals surface area contributed by atoms with Crippen LogP contribution in [-0.2, 0) is 9.59 Å². The summed E-state index contributed by atoms with van der Waals surface area (Å²) in [6.45, 7) is 5.42. The molecule has 0 aliphatic carbocycles. The first-order chi connectivity index (χ1) is 13.2. The molecule has 28 heavy (non-hydrogen) atoms. The monoisotopic (exact) mass is 420 g/mol. The first-order valence-electron chi connectivity index (χ1n) is 8.90. The van der Waals surface area contributed by atoms with Crippen LogP contribution in [0.15, 0.2) is 42.5 Å². The molecule has 0 saturated carbocycles. The van der Waals surface area contributed by atoms with E-state index in [1.54, 1.807) is 38.1 Å². The number of hydrogen-bond acceptors (Lipinski definition) is 3. The maximum atomic E-state index is 14.4. The number of alkyl halides is 1. The van der Waals surface area contributed by atoms with Crippen LogP contribution in [0.1, 0.15) is 30.3 Å². The third-order valence-electron chi connectivity index (χ3n) is 4.63. The lowest BCUT2D eigenvalue weighted by atomic mass is 9.95. The van der Waals surface area contributed by atoms with Crippen molar-refractivity contribution in [2.75, 3.05) is 21.8 Å². The highest BCUT2D eigenvalue weighted by Crippen LogP contribution is 2.43. The topological polar surface area (TPSA) is 49.4 Å². The van der Waals surface area contributed by atoms with Gasteiger partial charge in [0.25, 0.3) is 0 Å². The minimum Gasteiger partial charge on any atom is -0.326 e. The van der Waals surface area contributed by atoms with E-state index in [0.717, 1.165) is 11.1 Å². The van der Waals surface area contributed by atoms with Gasteiger partial charge in [0.1, 0.15) is 11.2 Å². The number of hydrogen-bond donors (Lipinski definition) is 1. The van der Waals surface area contributed by atoms with Crippen molar-refractivity contribution in [1.29, 1.82) is 0 Å². The number of anilines is 2. The fourth-order valence-corrected chi connectivity index (χ4v) is 4.12. The van der Waals surface area contributed by atoms with E-state index in [4.69, 9.17) is 11.6 Å². The summed E-state index contributed by atoms with van der Waals surface area (Å²) >= 11 is 7.30. The molecule has 2 aromatic rings. The van der Waals surface area contributed by atoms with Gasteiger partial charge in [-0.25, -0.2) is 4.39 Å². The number of nitrogens with zero attached hydrogens (tertiary/aromatic N) is 1. The van der Waals surface area contributed by atoms with Crippen LogP contribution in [0.4, 0.5) is 15.8 Å². The molecule has 2 aromatic carbocycles. The lowest BCUT2D eigenvalue weighted by molar-refractivity contribution is -0.123. The molecule has 1 aliphatic heterocycles. The summed E-state index contributed by atoms with van der Waals surface area (Å²) in [5, 5.41) is 2.54. The van der Waals surface area contributed by atoms with Crippen molar-refractivity contribution in [2.45, 2.75) is 26.1 Å². The summed E-state index contributed by atoms with van der Waals surface area (Å²) < 4.78 is 14.4. The van der Waals surface area contributed by atoms with Gasteiger partial charge in [-0.2, -0.15) is 0 Å². The molecule has 148 valence electrons. The van der Waals surface area contributed by atoms with Crippen LogP contribution >= 0.6 is 23.4 Å². The average molecular weight is 421 g/mol. The smallest absolute Gasteiger partial charge is 0.238 e. The van der Waals surface area contributed by atoms with Crippen LogP contribution in [0.5, 0.6) is 0 Å². The van der Waals surface area contributed by atoms with Gasteiger partial charge < -0.3 is 5.32 Å². The zero-order valence-corrected chi connectivity index (χ0v) is 17.5. The second-order valence-electron chi connectivity index (χ2n) is 7.48. The summed E-state index contributed by atoms with van der Waals surface area (Å²) in [7, 11) is 0. The van der Waals surface area contributed by atoms with E-state index >= 15 is 0 Å². The Morgan fingerprint density at radius 1 is 1.29 bits per heavy atom. The van der Waals surface area contributed by atoms with E-state index in [1.807, 2.05) is 19.1 Å². The standard InChI is InChI=1S/C21H22ClFN2O2S/c1-13-4-9-16(23)17(10-13)25-18(26)11-28-19(25)14-5-7-15(8-6-14)24-20(27)21(2,3)12-22/h4-10,19H,11-12H2,1-3H3,(H,24,27)/t19-/m0/s1. The van der Waals surface area contributed by atoms with Crippen molar-refractivity contribution in [3.8, 4) is 0 Å². The van der Waals surface area contributed by atoms with Gasteiger partial charge in [0.05, 0.1) is 16.9 Å². The largest absolute Gasteiger partial charge is 0.326 e. The molecule has 0 unspecified atom stereocenters. The van der Waals surface area contributed by atoms with Crippen molar-refractivity contribution in [3.63, 3.8) is 0 Å². The number of halogens is 2. The maximum Gasteiger partial charge on any atom is 0.238 e. The van der Waals surface area contributed by atoms with Gasteiger partial charge in [0.15, 0.2) is 0 Å². The Morgan fingerprint density at radius 3 is 2.61 bits per heavy atom. The highest BCUT2D eigenvalue weighted by Gasteiger charge is 2.35. The summed E-state index contributed by atoms with van der Waals surface area (Å²) in [5.41, 5.74) is 2.02. The SMILES string of the molecule is Cc1ccc(F)c(N2C(=O)CS[C@H]2c2ccc(NC(=O)C(C)(C)CCl)cc2)c1. The summed E-state index contributed by atoms with van der Waals surface area (Å²) in [5.74, 6) is -0.196. The molecule has 1 atom stereocenters. The van der Waals surface area contributed by atoms with Crippen molar-refractivity contribution in [3.05, 3.63) is 59.4 Å². The van der Waals surface area contributed by atoms with E-state index in [9.17, 15) is 14.0 Å². The highest BCUT2D eigenvalue weighted by molar-refractivity contribution is 8.00. The number of aryl methyl sites for hydroxylation is 1. The minimum absolute atomic E-state index is 0.124. The van der Waals surface area contributed by atoms with Crippen molar-refractivity contribution < 1.29 is 14.0 Å². The Bertz CT molecular complexity index is 902. The molecule has 1 saturated heterocycles. The lowest BCUT2D eigenvalue weighted by Gasteiger charge is -2.25. The molecule has 4 nitrogen and oxygen atoms in total. The number of thioether (sulfide) groups is 1. The van der Waals surface area contributed by atoms with Gasteiger partial charge in [0, 0.05) is 11.6 Å². The van der Waals surface area contributed by atoms with Crippen LogP contribution in [0, 0.1) is 18.2 Å². The number of carbonyl (C=O) groups is 2. The number of carbonyl (C=O) groups excluding carboxylic acids is 2. The first-order valence-corrected chi connectivity index (χ1v) is 10.5. The van der Waals surface area contributed by atoms with E-state index < -0.39 is 11.2 Å². The number of amides is 2. The molecule has 0 spiro atoms. The zero-order valence-electron chi connectivity index (χ0n) is 16.0. The molecular formula is C21H22ClFN2O2S. The van der Waals surface area contributed by atoms with Crippen molar-refractivity contribution in [2.24, 2.45) is 5.41 Å². The molecule has 1 N–H and O–H groups in total. The molecule has 1 aliphatic rings. The Labute approximate surface area is 173 Å². The predicted molar refractivity (Wildman–Crippen MR) is 113 cm³/mol. The van der Waals surface area contributed by atoms with E-state index in [-0.39, 0.29) is 23.1 Å². The van der Waals surface area contributed by atoms with Gasteiger partial charge >= 0.3 is 0 Å². The molecule has 0 bridgehead atoms. The van der Waals surface area contributed by atoms with Crippen LogP contribution in [0.25, 0.3) is 0 Å². The van der Waals surface area contributed by atoms with Crippen LogP contribution < -0.4 is 10.2 Å². The van der Waals surface area contributed by atoms with Crippen LogP contribution in [0.2, 0.25) is 0 Å². The quantitative estimate of drug-likeness (QED) is 0.683. The maximum absolute atomic E-state index is 14.4. The third kappa shape index (κ3) is 4.18. The molecule has 2 amide bonds. The number of benzene rings is 2. The zero-order chi connectivity index (χ0) is 20.5. The van der Waals surface area contributed by atoms with E-state index in [0.29, 0.717) is 17.1 Å². The molecule has 1 heterocycles. The Kier molecular flexibility index (Phi) is 6.01. The third-order valence-corrected chi connectivity index (χ3v) is 6.51. The lowest BCUT2D eigenvalue weighted by Crippen LogP contribution is -2.32. The van der Waals surface area contributed by atoms with Gasteiger partial charge in [-0.05, 0) is 56.2 Å². The second-order valence-corrected chi connectivity index (χ2v) is 8.81. The van der Waals surface area contributed by atoms with Gasteiger partial charge in [0.2, 0.25) is 11.8 Å². The number of rotatable bonds is 5. The summed E-state index contributed by atoms with van der Waals surface area (Å²) in [4.78, 5) is 26.2.